The van der Waals surface area contributed by atoms with Crippen molar-refractivity contribution in [1.29, 1.82) is 0 Å². The van der Waals surface area contributed by atoms with Crippen molar-refractivity contribution in [3.05, 3.63) is 65.9 Å². The monoisotopic (exact) mass is 594 g/mol. The van der Waals surface area contributed by atoms with Crippen LogP contribution in [0.5, 0.6) is 0 Å². The summed E-state index contributed by atoms with van der Waals surface area (Å²) in [6, 6.07) is 4.86. The number of amides is 1. The molecule has 2 aliphatic rings. The van der Waals surface area contributed by atoms with Crippen molar-refractivity contribution >= 4 is 11.6 Å². The predicted molar refractivity (Wildman–Crippen MR) is 139 cm³/mol. The first kappa shape index (κ1) is 30.0. The third-order valence-electron chi connectivity index (χ3n) is 7.83. The molecule has 5 unspecified atom stereocenters. The first-order valence-corrected chi connectivity index (χ1v) is 13.4. The molecule has 1 saturated heterocycles. The van der Waals surface area contributed by atoms with Crippen LogP contribution in [0.1, 0.15) is 31.7 Å². The molecule has 1 aliphatic heterocycles. The van der Waals surface area contributed by atoms with Crippen LogP contribution in [0.15, 0.2) is 42.6 Å². The Morgan fingerprint density at radius 3 is 2.48 bits per heavy atom. The van der Waals surface area contributed by atoms with Crippen LogP contribution in [-0.4, -0.2) is 86.5 Å². The van der Waals surface area contributed by atoms with E-state index in [0.29, 0.717) is 19.3 Å². The first-order valence-electron chi connectivity index (χ1n) is 13.4. The van der Waals surface area contributed by atoms with Crippen molar-refractivity contribution in [2.45, 2.75) is 68.3 Å². The third kappa shape index (κ3) is 5.64. The predicted octanol–water partition coefficient (Wildman–Crippen LogP) is 2.51. The summed E-state index contributed by atoms with van der Waals surface area (Å²) in [5, 5.41) is 39.9. The van der Waals surface area contributed by atoms with Gasteiger partial charge in [-0.15, -0.1) is 5.10 Å². The lowest BCUT2D eigenvalue weighted by atomic mass is 9.88. The number of carbonyl (C=O) groups excluding carboxylic acids is 1. The van der Waals surface area contributed by atoms with E-state index in [2.05, 4.69) is 10.3 Å². The van der Waals surface area contributed by atoms with Crippen molar-refractivity contribution in [3.8, 4) is 11.3 Å². The molecular weight excluding hydrogens is 564 g/mol. The van der Waals surface area contributed by atoms with Gasteiger partial charge in [-0.3, -0.25) is 4.79 Å². The highest BCUT2D eigenvalue weighted by Crippen LogP contribution is 2.36. The van der Waals surface area contributed by atoms with Gasteiger partial charge in [-0.25, -0.2) is 22.2 Å². The molecule has 1 aromatic heterocycles. The molecule has 226 valence electrons. The lowest BCUT2D eigenvalue weighted by Gasteiger charge is -2.46. The van der Waals surface area contributed by atoms with Crippen LogP contribution in [0.4, 0.5) is 23.2 Å². The second-order valence-corrected chi connectivity index (χ2v) is 10.4. The molecule has 3 N–H and O–H groups in total. The SMILES string of the molecule is COC1C(C(=O)N(c2cccc(F)c2)[C@H]2CCCC[C@@H]2O)OC(CO)C(O)C1n1cc(-c2cc(F)c(F)c(F)c2)nn1. The van der Waals surface area contributed by atoms with Gasteiger partial charge in [0.25, 0.3) is 5.91 Å². The number of aliphatic hydroxyl groups is 3. The van der Waals surface area contributed by atoms with Gasteiger partial charge in [0.15, 0.2) is 23.6 Å². The average Bonchev–Trinajstić information content (AvgIpc) is 3.46. The number of nitrogens with zero attached hydrogens (tertiary/aromatic N) is 4. The molecule has 3 aromatic rings. The minimum atomic E-state index is -1.65. The number of aromatic nitrogens is 3. The molecule has 5 rings (SSSR count). The van der Waals surface area contributed by atoms with Crippen LogP contribution in [0.25, 0.3) is 11.3 Å². The zero-order valence-corrected chi connectivity index (χ0v) is 22.5. The van der Waals surface area contributed by atoms with E-state index in [1.165, 1.54) is 36.4 Å². The Morgan fingerprint density at radius 2 is 1.83 bits per heavy atom. The van der Waals surface area contributed by atoms with Gasteiger partial charge in [-0.1, -0.05) is 24.1 Å². The van der Waals surface area contributed by atoms with E-state index in [-0.39, 0.29) is 16.9 Å². The molecule has 1 saturated carbocycles. The van der Waals surface area contributed by atoms with Crippen molar-refractivity contribution in [2.24, 2.45) is 0 Å². The van der Waals surface area contributed by atoms with E-state index in [4.69, 9.17) is 9.47 Å². The molecule has 2 aromatic carbocycles. The Balaban J connectivity index is 1.53. The van der Waals surface area contributed by atoms with Crippen LogP contribution < -0.4 is 4.90 Å². The van der Waals surface area contributed by atoms with Gasteiger partial charge in [-0.05, 0) is 43.2 Å². The first-order chi connectivity index (χ1) is 20.1. The molecular formula is C28H30F4N4O6. The van der Waals surface area contributed by atoms with E-state index < -0.39 is 78.4 Å². The lowest BCUT2D eigenvalue weighted by molar-refractivity contribution is -0.211. The molecule has 0 spiro atoms. The quantitative estimate of drug-likeness (QED) is 0.281. The number of ether oxygens (including phenoxy) is 2. The Kier molecular flexibility index (Phi) is 8.89. The van der Waals surface area contributed by atoms with Gasteiger partial charge in [0.1, 0.15) is 35.9 Å². The topological polar surface area (TPSA) is 130 Å². The van der Waals surface area contributed by atoms with Crippen molar-refractivity contribution in [1.82, 2.24) is 15.0 Å². The summed E-state index contributed by atoms with van der Waals surface area (Å²) >= 11 is 0. The highest BCUT2D eigenvalue weighted by atomic mass is 19.2. The Bertz CT molecular complexity index is 1400. The highest BCUT2D eigenvalue weighted by Gasteiger charge is 2.52. The number of halogens is 4. The van der Waals surface area contributed by atoms with Gasteiger partial charge < -0.3 is 29.7 Å². The smallest absolute Gasteiger partial charge is 0.259 e. The van der Waals surface area contributed by atoms with E-state index in [1.54, 1.807) is 0 Å². The summed E-state index contributed by atoms with van der Waals surface area (Å²) in [4.78, 5) is 15.5. The summed E-state index contributed by atoms with van der Waals surface area (Å²) in [6.07, 6.45) is -2.90. The molecule has 0 radical (unpaired) electrons. The summed E-state index contributed by atoms with van der Waals surface area (Å²) in [6.45, 7) is -0.708. The third-order valence-corrected chi connectivity index (χ3v) is 7.83. The number of anilines is 1. The maximum absolute atomic E-state index is 14.3. The number of carbonyl (C=O) groups is 1. The molecule has 10 nitrogen and oxygen atoms in total. The second kappa shape index (κ2) is 12.4. The van der Waals surface area contributed by atoms with E-state index >= 15 is 0 Å². The van der Waals surface area contributed by atoms with E-state index in [0.717, 1.165) is 29.3 Å². The van der Waals surface area contributed by atoms with Gasteiger partial charge in [-0.2, -0.15) is 0 Å². The van der Waals surface area contributed by atoms with Crippen LogP contribution in [0, 0.1) is 23.3 Å². The second-order valence-electron chi connectivity index (χ2n) is 10.4. The Hall–Kier alpha value is -3.43. The maximum Gasteiger partial charge on any atom is 0.259 e. The van der Waals surface area contributed by atoms with Gasteiger partial charge >= 0.3 is 0 Å². The molecule has 0 bridgehead atoms. The summed E-state index contributed by atoms with van der Waals surface area (Å²) in [7, 11) is 1.26. The van der Waals surface area contributed by atoms with Gasteiger partial charge in [0, 0.05) is 18.4 Å². The van der Waals surface area contributed by atoms with Crippen molar-refractivity contribution in [2.75, 3.05) is 18.6 Å². The Morgan fingerprint density at radius 1 is 1.12 bits per heavy atom. The molecule has 7 atom stereocenters. The van der Waals surface area contributed by atoms with Gasteiger partial charge in [0.2, 0.25) is 0 Å². The summed E-state index contributed by atoms with van der Waals surface area (Å²) in [5.74, 6) is -5.84. The fraction of sp³-hybridized carbons (Fsp3) is 0.464. The largest absolute Gasteiger partial charge is 0.394 e. The number of benzene rings is 2. The standard InChI is InChI=1S/C28H30F4N4O6/c1-41-26-24(35-12-19(33-34-35)14-9-17(30)23(32)18(31)10-14)25(39)22(13-37)42-27(26)28(40)36(16-6-4-5-15(29)11-16)20-7-2-3-8-21(20)38/h4-6,9-12,20-22,24-27,37-39H,2-3,7-8,13H2,1H3/t20-,21-,22?,24?,25?,26?,27?/m0/s1. The minimum absolute atomic E-state index is 0.0727. The molecule has 42 heavy (non-hydrogen) atoms. The fourth-order valence-corrected chi connectivity index (χ4v) is 5.76. The zero-order valence-electron chi connectivity index (χ0n) is 22.5. The summed E-state index contributed by atoms with van der Waals surface area (Å²) < 4.78 is 68.1. The number of hydrogen-bond acceptors (Lipinski definition) is 8. The molecule has 2 heterocycles. The van der Waals surface area contributed by atoms with Crippen LogP contribution in [-0.2, 0) is 14.3 Å². The van der Waals surface area contributed by atoms with E-state index in [1.807, 2.05) is 0 Å². The number of rotatable bonds is 7. The van der Waals surface area contributed by atoms with Gasteiger partial charge in [0.05, 0.1) is 24.9 Å². The lowest BCUT2D eigenvalue weighted by Crippen LogP contribution is -2.63. The molecule has 14 heteroatoms. The normalized spacial score (nSPS) is 28.0. The average molecular weight is 595 g/mol. The number of aliphatic hydroxyl groups excluding tert-OH is 3. The molecule has 2 fully saturated rings. The van der Waals surface area contributed by atoms with Crippen LogP contribution >= 0.6 is 0 Å². The molecule has 1 aliphatic carbocycles. The number of hydrogen-bond donors (Lipinski definition) is 3. The van der Waals surface area contributed by atoms with Crippen molar-refractivity contribution in [3.63, 3.8) is 0 Å². The van der Waals surface area contributed by atoms with E-state index in [9.17, 15) is 37.7 Å². The summed E-state index contributed by atoms with van der Waals surface area (Å²) in [5.41, 5.74) is -0.0319. The highest BCUT2D eigenvalue weighted by molar-refractivity contribution is 5.98. The molecule has 1 amide bonds. The van der Waals surface area contributed by atoms with Crippen molar-refractivity contribution < 1.29 is 47.1 Å². The fourth-order valence-electron chi connectivity index (χ4n) is 5.76. The minimum Gasteiger partial charge on any atom is -0.394 e. The van der Waals surface area contributed by atoms with Crippen LogP contribution in [0.3, 0.4) is 0 Å². The van der Waals surface area contributed by atoms with Crippen LogP contribution in [0.2, 0.25) is 0 Å². The maximum atomic E-state index is 14.3. The Labute approximate surface area is 238 Å². The number of methoxy groups -OCH3 is 1. The zero-order chi connectivity index (χ0) is 30.1.